The topological polar surface area (TPSA) is 17.1 Å². The summed E-state index contributed by atoms with van der Waals surface area (Å²) in [5.41, 5.74) is 1.38. The first-order valence-corrected chi connectivity index (χ1v) is 5.33. The third-order valence-electron chi connectivity index (χ3n) is 2.20. The Hall–Kier alpha value is -0.850. The van der Waals surface area contributed by atoms with Crippen LogP contribution in [0.2, 0.25) is 0 Å². The molecule has 2 unspecified atom stereocenters. The van der Waals surface area contributed by atoms with Crippen LogP contribution in [0.25, 0.3) is 0 Å². The Bertz CT molecular complexity index is 213. The van der Waals surface area contributed by atoms with E-state index < -0.39 is 0 Å². The predicted octanol–water partition coefficient (Wildman–Crippen LogP) is 3.76. The van der Waals surface area contributed by atoms with Crippen LogP contribution in [0.3, 0.4) is 0 Å². The van der Waals surface area contributed by atoms with Gasteiger partial charge in [0.25, 0.3) is 0 Å². The van der Waals surface area contributed by atoms with E-state index in [0.29, 0.717) is 18.3 Å². The molecule has 2 atom stereocenters. The van der Waals surface area contributed by atoms with Crippen LogP contribution in [0.1, 0.15) is 40.5 Å². The van der Waals surface area contributed by atoms with E-state index >= 15 is 0 Å². The molecule has 0 bridgehead atoms. The predicted molar refractivity (Wildman–Crippen MR) is 62.2 cm³/mol. The molecule has 1 nitrogen and oxygen atoms in total. The van der Waals surface area contributed by atoms with E-state index in [1.807, 2.05) is 6.92 Å². The van der Waals surface area contributed by atoms with Gasteiger partial charge in [-0.05, 0) is 32.1 Å². The van der Waals surface area contributed by atoms with Gasteiger partial charge in [0.05, 0.1) is 0 Å². The summed E-state index contributed by atoms with van der Waals surface area (Å²) in [4.78, 5) is 10.3. The molecule has 0 aromatic rings. The van der Waals surface area contributed by atoms with Crippen LogP contribution in [0.5, 0.6) is 0 Å². The quantitative estimate of drug-likeness (QED) is 0.465. The van der Waals surface area contributed by atoms with Gasteiger partial charge in [0.1, 0.15) is 6.29 Å². The molecule has 80 valence electrons. The van der Waals surface area contributed by atoms with E-state index in [0.717, 1.165) is 12.7 Å². The lowest BCUT2D eigenvalue weighted by Gasteiger charge is -2.08. The molecule has 0 heterocycles. The first kappa shape index (κ1) is 13.2. The average molecular weight is 194 g/mol. The second kappa shape index (κ2) is 7.54. The van der Waals surface area contributed by atoms with Gasteiger partial charge in [-0.3, -0.25) is 0 Å². The molecule has 0 saturated heterocycles. The van der Waals surface area contributed by atoms with Gasteiger partial charge >= 0.3 is 0 Å². The lowest BCUT2D eigenvalue weighted by molar-refractivity contribution is -0.108. The molecule has 0 aromatic carbocycles. The number of hydrogen-bond acceptors (Lipinski definition) is 1. The summed E-state index contributed by atoms with van der Waals surface area (Å²) in [6, 6.07) is 0. The van der Waals surface area contributed by atoms with E-state index in [-0.39, 0.29) is 0 Å². The highest BCUT2D eigenvalue weighted by molar-refractivity contribution is 5.50. The minimum Gasteiger partial charge on any atom is -0.303 e. The zero-order valence-electron chi connectivity index (χ0n) is 9.79. The summed E-state index contributed by atoms with van der Waals surface area (Å²) in [6.07, 6.45) is 9.22. The summed E-state index contributed by atoms with van der Waals surface area (Å²) in [6.45, 7) is 8.48. The van der Waals surface area contributed by atoms with Crippen molar-refractivity contribution in [2.24, 2.45) is 11.8 Å². The van der Waals surface area contributed by atoms with Crippen LogP contribution < -0.4 is 0 Å². The summed E-state index contributed by atoms with van der Waals surface area (Å²) < 4.78 is 0. The fourth-order valence-corrected chi connectivity index (χ4v) is 1.68. The van der Waals surface area contributed by atoms with Crippen molar-refractivity contribution in [2.75, 3.05) is 0 Å². The molecular formula is C13H22O. The summed E-state index contributed by atoms with van der Waals surface area (Å²) in [5, 5.41) is 0. The Morgan fingerprint density at radius 2 is 1.93 bits per heavy atom. The van der Waals surface area contributed by atoms with Crippen molar-refractivity contribution in [3.8, 4) is 0 Å². The molecular weight excluding hydrogens is 172 g/mol. The molecule has 0 fully saturated rings. The van der Waals surface area contributed by atoms with Crippen LogP contribution >= 0.6 is 0 Å². The number of rotatable bonds is 6. The molecule has 0 rings (SSSR count). The molecule has 1 heteroatoms. The van der Waals surface area contributed by atoms with Crippen LogP contribution in [0, 0.1) is 11.8 Å². The molecule has 0 saturated carbocycles. The van der Waals surface area contributed by atoms with Gasteiger partial charge in [-0.15, -0.1) is 0 Å². The zero-order valence-corrected chi connectivity index (χ0v) is 9.79. The van der Waals surface area contributed by atoms with Crippen molar-refractivity contribution in [2.45, 2.75) is 40.5 Å². The van der Waals surface area contributed by atoms with E-state index in [9.17, 15) is 4.79 Å². The van der Waals surface area contributed by atoms with Crippen molar-refractivity contribution in [3.05, 3.63) is 23.8 Å². The highest BCUT2D eigenvalue weighted by Crippen LogP contribution is 2.15. The average Bonchev–Trinajstić information content (AvgIpc) is 2.03. The number of allylic oxidation sites excluding steroid dienone is 4. The van der Waals surface area contributed by atoms with Crippen molar-refractivity contribution < 1.29 is 4.79 Å². The summed E-state index contributed by atoms with van der Waals surface area (Å²) in [7, 11) is 0. The van der Waals surface area contributed by atoms with Gasteiger partial charge in [-0.2, -0.15) is 0 Å². The largest absolute Gasteiger partial charge is 0.303 e. The van der Waals surface area contributed by atoms with Crippen LogP contribution in [-0.2, 0) is 4.79 Å². The second-order valence-electron chi connectivity index (χ2n) is 4.10. The van der Waals surface area contributed by atoms with Crippen LogP contribution in [0.4, 0.5) is 0 Å². The van der Waals surface area contributed by atoms with Crippen LogP contribution in [-0.4, -0.2) is 6.29 Å². The maximum atomic E-state index is 10.3. The Labute approximate surface area is 87.9 Å². The van der Waals surface area contributed by atoms with E-state index in [1.54, 1.807) is 0 Å². The van der Waals surface area contributed by atoms with Gasteiger partial charge in [0.15, 0.2) is 0 Å². The Balaban J connectivity index is 4.04. The fraction of sp³-hybridized carbons (Fsp3) is 0.615. The fourth-order valence-electron chi connectivity index (χ4n) is 1.68. The molecule has 0 aliphatic carbocycles. The summed E-state index contributed by atoms with van der Waals surface area (Å²) >= 11 is 0. The Morgan fingerprint density at radius 3 is 2.43 bits per heavy atom. The van der Waals surface area contributed by atoms with Crippen LogP contribution in [0.15, 0.2) is 23.8 Å². The van der Waals surface area contributed by atoms with Crippen molar-refractivity contribution in [1.82, 2.24) is 0 Å². The monoisotopic (exact) mass is 194 g/mol. The zero-order chi connectivity index (χ0) is 11.0. The SMILES string of the molecule is C/C=C/C(C)C/C(C)=C/C(C)CC=O. The molecule has 0 aliphatic heterocycles. The smallest absolute Gasteiger partial charge is 0.120 e. The molecule has 0 aliphatic rings. The first-order chi connectivity index (χ1) is 6.60. The number of carbonyl (C=O) groups excluding carboxylic acids is 1. The van der Waals surface area contributed by atoms with Gasteiger partial charge < -0.3 is 4.79 Å². The molecule has 0 aromatic heterocycles. The van der Waals surface area contributed by atoms with Crippen molar-refractivity contribution >= 4 is 6.29 Å². The standard InChI is InChI=1S/C13H22O/c1-5-6-11(2)9-13(4)10-12(3)7-8-14/h5-6,8,10-12H,7,9H2,1-4H3/b6-5+,13-10+. The third kappa shape index (κ3) is 6.64. The highest BCUT2D eigenvalue weighted by Gasteiger charge is 2.01. The molecule has 0 N–H and O–H groups in total. The Morgan fingerprint density at radius 1 is 1.29 bits per heavy atom. The number of aldehydes is 1. The minimum atomic E-state index is 0.380. The maximum Gasteiger partial charge on any atom is 0.120 e. The van der Waals surface area contributed by atoms with Gasteiger partial charge in [-0.1, -0.05) is 37.6 Å². The van der Waals surface area contributed by atoms with E-state index in [4.69, 9.17) is 0 Å². The molecule has 0 amide bonds. The van der Waals surface area contributed by atoms with E-state index in [1.165, 1.54) is 5.57 Å². The lowest BCUT2D eigenvalue weighted by atomic mass is 9.97. The minimum absolute atomic E-state index is 0.380. The second-order valence-corrected chi connectivity index (χ2v) is 4.10. The maximum absolute atomic E-state index is 10.3. The lowest BCUT2D eigenvalue weighted by Crippen LogP contribution is -1.95. The van der Waals surface area contributed by atoms with Gasteiger partial charge in [0, 0.05) is 6.42 Å². The molecule has 14 heavy (non-hydrogen) atoms. The van der Waals surface area contributed by atoms with E-state index in [2.05, 4.69) is 39.0 Å². The molecule has 0 radical (unpaired) electrons. The third-order valence-corrected chi connectivity index (χ3v) is 2.20. The van der Waals surface area contributed by atoms with Crippen molar-refractivity contribution in [3.63, 3.8) is 0 Å². The number of carbonyl (C=O) groups is 1. The van der Waals surface area contributed by atoms with Gasteiger partial charge in [-0.25, -0.2) is 0 Å². The number of hydrogen-bond donors (Lipinski definition) is 0. The Kier molecular flexibility index (Phi) is 7.09. The highest BCUT2D eigenvalue weighted by atomic mass is 16.1. The normalized spacial score (nSPS) is 17.0. The van der Waals surface area contributed by atoms with Gasteiger partial charge in [0.2, 0.25) is 0 Å². The molecule has 0 spiro atoms. The van der Waals surface area contributed by atoms with Crippen molar-refractivity contribution in [1.29, 1.82) is 0 Å². The first-order valence-electron chi connectivity index (χ1n) is 5.33. The summed E-state index contributed by atoms with van der Waals surface area (Å²) in [5.74, 6) is 0.977.